The van der Waals surface area contributed by atoms with Gasteiger partial charge in [0, 0.05) is 11.6 Å². The molecule has 4 aromatic rings. The maximum atomic E-state index is 4.63. The number of rotatable bonds is 1. The number of imidazole rings is 1. The van der Waals surface area contributed by atoms with Crippen molar-refractivity contribution < 1.29 is 0 Å². The maximum absolute atomic E-state index is 4.63. The number of nitrogens with zero attached hydrogens (tertiary/aromatic N) is 3. The Hall–Kier alpha value is -2.42. The molecule has 0 radical (unpaired) electrons. The third kappa shape index (κ3) is 1.38. The molecule has 0 spiro atoms. The van der Waals surface area contributed by atoms with Crippen molar-refractivity contribution in [2.45, 2.75) is 13.3 Å². The van der Waals surface area contributed by atoms with Gasteiger partial charge in [0.2, 0.25) is 0 Å². The fourth-order valence-electron chi connectivity index (χ4n) is 2.75. The molecule has 0 saturated carbocycles. The Bertz CT molecular complexity index is 906. The lowest BCUT2D eigenvalue weighted by Crippen LogP contribution is -1.93. The second-order valence-corrected chi connectivity index (χ2v) is 4.69. The minimum Gasteiger partial charge on any atom is -0.291 e. The fourth-order valence-corrected chi connectivity index (χ4v) is 2.75. The van der Waals surface area contributed by atoms with Crippen molar-refractivity contribution in [1.29, 1.82) is 0 Å². The molecule has 0 fully saturated rings. The van der Waals surface area contributed by atoms with Crippen LogP contribution < -0.4 is 0 Å². The molecular weight excluding hydrogens is 234 g/mol. The summed E-state index contributed by atoms with van der Waals surface area (Å²) in [5.41, 5.74) is 5.38. The third-order valence-electron chi connectivity index (χ3n) is 3.63. The molecule has 1 aromatic carbocycles. The molecular formula is C16H13N3. The molecule has 0 unspecified atom stereocenters. The first-order chi connectivity index (χ1) is 9.38. The van der Waals surface area contributed by atoms with Crippen LogP contribution in [0.4, 0.5) is 0 Å². The van der Waals surface area contributed by atoms with Gasteiger partial charge in [-0.1, -0.05) is 25.1 Å². The van der Waals surface area contributed by atoms with E-state index in [9.17, 15) is 0 Å². The summed E-state index contributed by atoms with van der Waals surface area (Å²) in [6.07, 6.45) is 2.80. The van der Waals surface area contributed by atoms with E-state index < -0.39 is 0 Å². The average molecular weight is 247 g/mol. The van der Waals surface area contributed by atoms with Crippen molar-refractivity contribution in [2.24, 2.45) is 0 Å². The van der Waals surface area contributed by atoms with E-state index in [0.29, 0.717) is 0 Å². The average Bonchev–Trinajstić information content (AvgIpc) is 2.84. The number of hydrogen-bond acceptors (Lipinski definition) is 2. The van der Waals surface area contributed by atoms with E-state index >= 15 is 0 Å². The maximum Gasteiger partial charge on any atom is 0.178 e. The van der Waals surface area contributed by atoms with Crippen LogP contribution in [0.5, 0.6) is 0 Å². The number of hydrogen-bond donors (Lipinski definition) is 0. The number of fused-ring (bicyclic) bond motifs is 5. The summed E-state index contributed by atoms with van der Waals surface area (Å²) in [6, 6.07) is 14.7. The van der Waals surface area contributed by atoms with E-state index in [4.69, 9.17) is 0 Å². The molecule has 0 aliphatic carbocycles. The number of aromatic nitrogens is 3. The van der Waals surface area contributed by atoms with Gasteiger partial charge in [-0.15, -0.1) is 0 Å². The van der Waals surface area contributed by atoms with Gasteiger partial charge >= 0.3 is 0 Å². The number of aryl methyl sites for hydroxylation is 1. The molecule has 0 atom stereocenters. The van der Waals surface area contributed by atoms with Gasteiger partial charge in [0.15, 0.2) is 5.65 Å². The molecule has 4 rings (SSSR count). The second-order valence-electron chi connectivity index (χ2n) is 4.69. The third-order valence-corrected chi connectivity index (χ3v) is 3.63. The molecule has 19 heavy (non-hydrogen) atoms. The molecule has 0 amide bonds. The van der Waals surface area contributed by atoms with Crippen LogP contribution >= 0.6 is 0 Å². The van der Waals surface area contributed by atoms with E-state index in [1.54, 1.807) is 6.20 Å². The number of benzene rings is 1. The van der Waals surface area contributed by atoms with Crippen molar-refractivity contribution in [3.8, 4) is 0 Å². The van der Waals surface area contributed by atoms with Gasteiger partial charge in [-0.25, -0.2) is 9.97 Å². The highest BCUT2D eigenvalue weighted by Gasteiger charge is 2.10. The fraction of sp³-hybridized carbons (Fsp3) is 0.125. The Morgan fingerprint density at radius 1 is 1.05 bits per heavy atom. The molecule has 3 heteroatoms. The van der Waals surface area contributed by atoms with Gasteiger partial charge in [0.25, 0.3) is 0 Å². The van der Waals surface area contributed by atoms with E-state index in [-0.39, 0.29) is 0 Å². The van der Waals surface area contributed by atoms with E-state index in [0.717, 1.165) is 23.2 Å². The Balaban J connectivity index is 2.34. The molecule has 3 nitrogen and oxygen atoms in total. The van der Waals surface area contributed by atoms with Crippen LogP contribution in [0.15, 0.2) is 48.7 Å². The normalized spacial score (nSPS) is 11.6. The van der Waals surface area contributed by atoms with Crippen LogP contribution in [-0.2, 0) is 6.42 Å². The summed E-state index contributed by atoms with van der Waals surface area (Å²) in [6.45, 7) is 2.18. The largest absolute Gasteiger partial charge is 0.291 e. The first-order valence-corrected chi connectivity index (χ1v) is 6.52. The van der Waals surface area contributed by atoms with Gasteiger partial charge in [-0.3, -0.25) is 4.40 Å². The molecule has 3 aromatic heterocycles. The Labute approximate surface area is 110 Å². The summed E-state index contributed by atoms with van der Waals surface area (Å²) < 4.78 is 2.19. The van der Waals surface area contributed by atoms with E-state index in [1.165, 1.54) is 16.5 Å². The lowest BCUT2D eigenvalue weighted by molar-refractivity contribution is 1.14. The van der Waals surface area contributed by atoms with Gasteiger partial charge in [-0.2, -0.15) is 0 Å². The minimum absolute atomic E-state index is 0.806. The lowest BCUT2D eigenvalue weighted by Gasteiger charge is -2.07. The van der Waals surface area contributed by atoms with Crippen LogP contribution in [0.25, 0.3) is 27.7 Å². The van der Waals surface area contributed by atoms with Crippen molar-refractivity contribution >= 4 is 27.7 Å². The summed E-state index contributed by atoms with van der Waals surface area (Å²) in [5, 5.41) is 1.29. The van der Waals surface area contributed by atoms with Crippen LogP contribution in [0.1, 0.15) is 12.5 Å². The van der Waals surface area contributed by atoms with Crippen molar-refractivity contribution in [1.82, 2.24) is 14.4 Å². The highest BCUT2D eigenvalue weighted by molar-refractivity contribution is 5.91. The molecule has 3 heterocycles. The predicted octanol–water partition coefficient (Wildman–Crippen LogP) is 3.60. The van der Waals surface area contributed by atoms with E-state index in [1.807, 2.05) is 6.07 Å². The van der Waals surface area contributed by atoms with Gasteiger partial charge < -0.3 is 0 Å². The van der Waals surface area contributed by atoms with Crippen molar-refractivity contribution in [2.75, 3.05) is 0 Å². The molecule has 92 valence electrons. The van der Waals surface area contributed by atoms with Crippen molar-refractivity contribution in [3.63, 3.8) is 0 Å². The smallest absolute Gasteiger partial charge is 0.178 e. The zero-order valence-corrected chi connectivity index (χ0v) is 10.7. The highest BCUT2D eigenvalue weighted by atomic mass is 15.0. The highest BCUT2D eigenvalue weighted by Crippen LogP contribution is 2.25. The molecule has 0 N–H and O–H groups in total. The van der Waals surface area contributed by atoms with Crippen LogP contribution in [0.3, 0.4) is 0 Å². The summed E-state index contributed by atoms with van der Waals surface area (Å²) in [4.78, 5) is 8.97. The van der Waals surface area contributed by atoms with Crippen LogP contribution in [0.2, 0.25) is 0 Å². The quantitative estimate of drug-likeness (QED) is 0.514. The number of para-hydroxylation sites is 1. The topological polar surface area (TPSA) is 30.2 Å². The van der Waals surface area contributed by atoms with Crippen LogP contribution in [0, 0.1) is 0 Å². The first kappa shape index (κ1) is 10.5. The summed E-state index contributed by atoms with van der Waals surface area (Å²) >= 11 is 0. The summed E-state index contributed by atoms with van der Waals surface area (Å²) in [5.74, 6) is 0. The van der Waals surface area contributed by atoms with Crippen molar-refractivity contribution in [3.05, 3.63) is 54.2 Å². The second kappa shape index (κ2) is 3.79. The van der Waals surface area contributed by atoms with Gasteiger partial charge in [0.05, 0.1) is 11.0 Å². The molecule has 0 aliphatic rings. The Morgan fingerprint density at radius 3 is 2.79 bits per heavy atom. The minimum atomic E-state index is 0.806. The van der Waals surface area contributed by atoms with Crippen LogP contribution in [-0.4, -0.2) is 14.4 Å². The van der Waals surface area contributed by atoms with E-state index in [2.05, 4.69) is 57.7 Å². The molecule has 0 saturated heterocycles. The Kier molecular flexibility index (Phi) is 2.09. The van der Waals surface area contributed by atoms with Gasteiger partial charge in [0.1, 0.15) is 5.65 Å². The Morgan fingerprint density at radius 2 is 1.89 bits per heavy atom. The SMILES string of the molecule is CCc1cc2nc3ncccc3n2c2ccccc12. The summed E-state index contributed by atoms with van der Waals surface area (Å²) in [7, 11) is 0. The first-order valence-electron chi connectivity index (χ1n) is 6.52. The molecule has 0 aliphatic heterocycles. The zero-order valence-electron chi connectivity index (χ0n) is 10.7. The zero-order chi connectivity index (χ0) is 12.8. The predicted molar refractivity (Wildman–Crippen MR) is 77.4 cm³/mol. The number of pyridine rings is 2. The molecule has 0 bridgehead atoms. The standard InChI is InChI=1S/C16H13N3/c1-2-11-10-15-18-16-14(8-5-9-17-16)19(15)13-7-4-3-6-12(11)13/h3-10H,2H2,1H3. The van der Waals surface area contributed by atoms with Gasteiger partial charge in [-0.05, 0) is 36.2 Å². The lowest BCUT2D eigenvalue weighted by atomic mass is 10.1. The monoisotopic (exact) mass is 247 g/mol.